The van der Waals surface area contributed by atoms with Crippen molar-refractivity contribution in [3.05, 3.63) is 29.6 Å². The monoisotopic (exact) mass is 267 g/mol. The summed E-state index contributed by atoms with van der Waals surface area (Å²) >= 11 is 0. The molecule has 0 aromatic heterocycles. The lowest BCUT2D eigenvalue weighted by atomic mass is 10.1. The lowest BCUT2D eigenvalue weighted by Crippen LogP contribution is -2.21. The van der Waals surface area contributed by atoms with E-state index >= 15 is 0 Å². The van der Waals surface area contributed by atoms with Gasteiger partial charge >= 0.3 is 5.97 Å². The Labute approximate surface area is 109 Å². The number of carboxylic acid groups (broad SMARTS) is 1. The molecule has 0 aliphatic carbocycles. The van der Waals surface area contributed by atoms with Crippen LogP contribution >= 0.6 is 0 Å². The quantitative estimate of drug-likeness (QED) is 0.875. The number of ether oxygens (including phenoxy) is 1. The van der Waals surface area contributed by atoms with E-state index in [0.717, 1.165) is 18.9 Å². The van der Waals surface area contributed by atoms with E-state index in [4.69, 9.17) is 9.84 Å². The zero-order valence-electron chi connectivity index (χ0n) is 10.2. The highest BCUT2D eigenvalue weighted by Gasteiger charge is 2.21. The van der Waals surface area contributed by atoms with E-state index < -0.39 is 17.7 Å². The molecule has 1 aromatic rings. The maximum atomic E-state index is 13.6. The first-order valence-corrected chi connectivity index (χ1v) is 6.01. The summed E-state index contributed by atoms with van der Waals surface area (Å²) in [5.74, 6) is -2.49. The number of carbonyl (C=O) groups is 2. The number of amides is 1. The number of aromatic carboxylic acids is 1. The van der Waals surface area contributed by atoms with Crippen LogP contribution in [0.3, 0.4) is 0 Å². The van der Waals surface area contributed by atoms with Gasteiger partial charge in [-0.2, -0.15) is 0 Å². The second-order valence-electron chi connectivity index (χ2n) is 4.35. The number of hydrogen-bond donors (Lipinski definition) is 2. The van der Waals surface area contributed by atoms with Crippen molar-refractivity contribution in [1.82, 2.24) is 0 Å². The molecule has 1 unspecified atom stereocenters. The number of halogens is 1. The highest BCUT2D eigenvalue weighted by molar-refractivity contribution is 6.00. The Morgan fingerprint density at radius 2 is 2.26 bits per heavy atom. The summed E-state index contributed by atoms with van der Waals surface area (Å²) in [6.07, 6.45) is 1.63. The maximum absolute atomic E-state index is 13.6. The molecule has 6 heteroatoms. The number of rotatable bonds is 4. The largest absolute Gasteiger partial charge is 0.478 e. The molecule has 1 heterocycles. The van der Waals surface area contributed by atoms with Crippen molar-refractivity contribution < 1.29 is 23.8 Å². The topological polar surface area (TPSA) is 75.6 Å². The SMILES string of the molecule is O=C(CC1CCCO1)Nc1c(F)cccc1C(=O)O. The summed E-state index contributed by atoms with van der Waals surface area (Å²) < 4.78 is 18.9. The number of anilines is 1. The van der Waals surface area contributed by atoms with Crippen LogP contribution in [-0.2, 0) is 9.53 Å². The first-order chi connectivity index (χ1) is 9.08. The summed E-state index contributed by atoms with van der Waals surface area (Å²) in [6, 6.07) is 3.63. The van der Waals surface area contributed by atoms with Crippen LogP contribution < -0.4 is 5.32 Å². The highest BCUT2D eigenvalue weighted by Crippen LogP contribution is 2.21. The molecule has 0 spiro atoms. The summed E-state index contributed by atoms with van der Waals surface area (Å²) in [4.78, 5) is 22.7. The Bertz CT molecular complexity index is 497. The Morgan fingerprint density at radius 3 is 2.89 bits per heavy atom. The van der Waals surface area contributed by atoms with Gasteiger partial charge < -0.3 is 15.2 Å². The second-order valence-corrected chi connectivity index (χ2v) is 4.35. The lowest BCUT2D eigenvalue weighted by Gasteiger charge is -2.12. The number of carbonyl (C=O) groups excluding carboxylic acids is 1. The van der Waals surface area contributed by atoms with Gasteiger partial charge in [-0.15, -0.1) is 0 Å². The van der Waals surface area contributed by atoms with Crippen LogP contribution in [-0.4, -0.2) is 29.7 Å². The van der Waals surface area contributed by atoms with Gasteiger partial charge in [0.05, 0.1) is 23.8 Å². The van der Waals surface area contributed by atoms with E-state index in [9.17, 15) is 14.0 Å². The normalized spacial score (nSPS) is 18.3. The summed E-state index contributed by atoms with van der Waals surface area (Å²) in [7, 11) is 0. The van der Waals surface area contributed by atoms with E-state index in [1.807, 2.05) is 0 Å². The number of carboxylic acids is 1. The minimum atomic E-state index is -1.29. The fourth-order valence-corrected chi connectivity index (χ4v) is 2.03. The molecule has 1 amide bonds. The van der Waals surface area contributed by atoms with Crippen molar-refractivity contribution in [1.29, 1.82) is 0 Å². The van der Waals surface area contributed by atoms with Gasteiger partial charge in [0.1, 0.15) is 5.82 Å². The Morgan fingerprint density at radius 1 is 1.47 bits per heavy atom. The predicted octanol–water partition coefficient (Wildman–Crippen LogP) is 2.03. The van der Waals surface area contributed by atoms with Crippen LogP contribution in [0, 0.1) is 5.82 Å². The molecule has 0 saturated carbocycles. The van der Waals surface area contributed by atoms with Gasteiger partial charge in [-0.05, 0) is 25.0 Å². The Balaban J connectivity index is 2.09. The third-order valence-electron chi connectivity index (χ3n) is 2.95. The maximum Gasteiger partial charge on any atom is 0.337 e. The standard InChI is InChI=1S/C13H14FNO4/c14-10-5-1-4-9(13(17)18)12(10)15-11(16)7-8-3-2-6-19-8/h1,4-5,8H,2-3,6-7H2,(H,15,16)(H,17,18). The van der Waals surface area contributed by atoms with Gasteiger partial charge in [-0.3, -0.25) is 4.79 Å². The first-order valence-electron chi connectivity index (χ1n) is 6.01. The van der Waals surface area contributed by atoms with Gasteiger partial charge in [0.25, 0.3) is 0 Å². The Kier molecular flexibility index (Phi) is 4.11. The van der Waals surface area contributed by atoms with E-state index in [0.29, 0.717) is 6.61 Å². The van der Waals surface area contributed by atoms with E-state index in [1.54, 1.807) is 0 Å². The molecule has 2 N–H and O–H groups in total. The molecule has 2 rings (SSSR count). The van der Waals surface area contributed by atoms with Gasteiger partial charge in [0.2, 0.25) is 5.91 Å². The van der Waals surface area contributed by atoms with E-state index in [2.05, 4.69) is 5.32 Å². The summed E-state index contributed by atoms with van der Waals surface area (Å²) in [5.41, 5.74) is -0.557. The molecule has 1 aromatic carbocycles. The third kappa shape index (κ3) is 3.29. The van der Waals surface area contributed by atoms with Crippen LogP contribution in [0.25, 0.3) is 0 Å². The molecule has 1 fully saturated rings. The van der Waals surface area contributed by atoms with Crippen LogP contribution in [0.1, 0.15) is 29.6 Å². The van der Waals surface area contributed by atoms with E-state index in [-0.39, 0.29) is 23.8 Å². The first kappa shape index (κ1) is 13.5. The van der Waals surface area contributed by atoms with Crippen molar-refractivity contribution in [2.45, 2.75) is 25.4 Å². The fourth-order valence-electron chi connectivity index (χ4n) is 2.03. The van der Waals surface area contributed by atoms with Crippen molar-refractivity contribution >= 4 is 17.6 Å². The average Bonchev–Trinajstić information content (AvgIpc) is 2.84. The molecule has 5 nitrogen and oxygen atoms in total. The zero-order valence-corrected chi connectivity index (χ0v) is 10.2. The van der Waals surface area contributed by atoms with Crippen LogP contribution in [0.4, 0.5) is 10.1 Å². The minimum Gasteiger partial charge on any atom is -0.478 e. The van der Waals surface area contributed by atoms with Gasteiger partial charge in [-0.1, -0.05) is 6.07 Å². The molecule has 19 heavy (non-hydrogen) atoms. The molecule has 1 aliphatic rings. The number of para-hydroxylation sites is 1. The average molecular weight is 267 g/mol. The van der Waals surface area contributed by atoms with Gasteiger partial charge in [-0.25, -0.2) is 9.18 Å². The van der Waals surface area contributed by atoms with Gasteiger partial charge in [0, 0.05) is 6.61 Å². The molecule has 102 valence electrons. The van der Waals surface area contributed by atoms with Crippen LogP contribution in [0.2, 0.25) is 0 Å². The predicted molar refractivity (Wildman–Crippen MR) is 65.6 cm³/mol. The molecule has 0 bridgehead atoms. The molecule has 1 atom stereocenters. The molecule has 1 aliphatic heterocycles. The fraction of sp³-hybridized carbons (Fsp3) is 0.385. The third-order valence-corrected chi connectivity index (χ3v) is 2.95. The zero-order chi connectivity index (χ0) is 13.8. The van der Waals surface area contributed by atoms with Gasteiger partial charge in [0.15, 0.2) is 0 Å². The minimum absolute atomic E-state index is 0.105. The summed E-state index contributed by atoms with van der Waals surface area (Å²) in [5, 5.41) is 11.3. The summed E-state index contributed by atoms with van der Waals surface area (Å²) in [6.45, 7) is 0.623. The molecule has 1 saturated heterocycles. The number of benzene rings is 1. The molecule has 0 radical (unpaired) electrons. The lowest BCUT2D eigenvalue weighted by molar-refractivity contribution is -0.118. The van der Waals surface area contributed by atoms with Crippen LogP contribution in [0.5, 0.6) is 0 Å². The van der Waals surface area contributed by atoms with Crippen molar-refractivity contribution in [3.63, 3.8) is 0 Å². The second kappa shape index (κ2) is 5.79. The number of nitrogens with one attached hydrogen (secondary N) is 1. The Hall–Kier alpha value is -1.95. The van der Waals surface area contributed by atoms with Crippen molar-refractivity contribution in [2.75, 3.05) is 11.9 Å². The van der Waals surface area contributed by atoms with Crippen molar-refractivity contribution in [2.24, 2.45) is 0 Å². The van der Waals surface area contributed by atoms with E-state index in [1.165, 1.54) is 12.1 Å². The van der Waals surface area contributed by atoms with Crippen molar-refractivity contribution in [3.8, 4) is 0 Å². The highest BCUT2D eigenvalue weighted by atomic mass is 19.1. The van der Waals surface area contributed by atoms with Crippen LogP contribution in [0.15, 0.2) is 18.2 Å². The molecular formula is C13H14FNO4. The molecular weight excluding hydrogens is 253 g/mol. The smallest absolute Gasteiger partial charge is 0.337 e. The number of hydrogen-bond acceptors (Lipinski definition) is 3.